The molecule has 0 aliphatic heterocycles. The van der Waals surface area contributed by atoms with Gasteiger partial charge in [0, 0.05) is 36.0 Å². The van der Waals surface area contributed by atoms with E-state index in [0.717, 1.165) is 28.5 Å². The molecule has 0 amide bonds. The van der Waals surface area contributed by atoms with E-state index in [1.165, 1.54) is 5.56 Å². The van der Waals surface area contributed by atoms with Crippen molar-refractivity contribution in [3.8, 4) is 0 Å². The minimum absolute atomic E-state index is 0.812. The molecule has 0 saturated heterocycles. The van der Waals surface area contributed by atoms with Crippen LogP contribution in [0.1, 0.15) is 16.7 Å². The molecular weight excluding hydrogens is 234 g/mol. The summed E-state index contributed by atoms with van der Waals surface area (Å²) in [6.45, 7) is 3.86. The molecule has 2 heterocycles. The van der Waals surface area contributed by atoms with E-state index in [0.29, 0.717) is 0 Å². The van der Waals surface area contributed by atoms with Crippen molar-refractivity contribution >= 4 is 17.0 Å². The zero-order valence-corrected chi connectivity index (χ0v) is 10.5. The van der Waals surface area contributed by atoms with Gasteiger partial charge in [-0.25, -0.2) is 9.97 Å². The third kappa shape index (κ3) is 2.36. The summed E-state index contributed by atoms with van der Waals surface area (Å²) in [5.41, 5.74) is 4.36. The van der Waals surface area contributed by atoms with Crippen LogP contribution < -0.4 is 0 Å². The van der Waals surface area contributed by atoms with Crippen LogP contribution in [0.15, 0.2) is 55.8 Å². The molecule has 2 aromatic heterocycles. The first-order chi connectivity index (χ1) is 9.36. The highest BCUT2D eigenvalue weighted by molar-refractivity contribution is 5.87. The lowest BCUT2D eigenvalue weighted by Gasteiger charge is -2.06. The predicted octanol–water partition coefficient (Wildman–Crippen LogP) is 3.26. The Morgan fingerprint density at radius 1 is 1.11 bits per heavy atom. The molecule has 0 spiro atoms. The topological polar surface area (TPSA) is 38.7 Å². The Hall–Kier alpha value is -2.55. The zero-order valence-electron chi connectivity index (χ0n) is 10.5. The van der Waals surface area contributed by atoms with Gasteiger partial charge in [-0.3, -0.25) is 4.98 Å². The van der Waals surface area contributed by atoms with Gasteiger partial charge >= 0.3 is 0 Å². The maximum atomic E-state index is 4.40. The predicted molar refractivity (Wildman–Crippen MR) is 76.7 cm³/mol. The Labute approximate surface area is 111 Å². The van der Waals surface area contributed by atoms with Crippen LogP contribution >= 0.6 is 0 Å². The molecule has 0 aliphatic carbocycles. The molecule has 3 nitrogen and oxygen atoms in total. The molecular formula is C16H13N3. The van der Waals surface area contributed by atoms with Crippen molar-refractivity contribution in [2.24, 2.45) is 0 Å². The Kier molecular flexibility index (Phi) is 3.02. The summed E-state index contributed by atoms with van der Waals surface area (Å²) >= 11 is 0. The second kappa shape index (κ2) is 4.98. The third-order valence-corrected chi connectivity index (χ3v) is 3.04. The summed E-state index contributed by atoms with van der Waals surface area (Å²) in [5, 5.41) is 1.13. The number of nitrogens with zero attached hydrogens (tertiary/aromatic N) is 3. The van der Waals surface area contributed by atoms with E-state index in [-0.39, 0.29) is 0 Å². The van der Waals surface area contributed by atoms with Gasteiger partial charge in [0.1, 0.15) is 6.33 Å². The van der Waals surface area contributed by atoms with Gasteiger partial charge in [0.15, 0.2) is 0 Å². The van der Waals surface area contributed by atoms with Crippen LogP contribution in [0.2, 0.25) is 0 Å². The Morgan fingerprint density at radius 2 is 1.95 bits per heavy atom. The number of hydrogen-bond acceptors (Lipinski definition) is 3. The number of aromatic nitrogens is 3. The van der Waals surface area contributed by atoms with Gasteiger partial charge in [-0.05, 0) is 29.3 Å². The molecule has 1 aromatic carbocycles. The number of hydrogen-bond donors (Lipinski definition) is 0. The smallest absolute Gasteiger partial charge is 0.115 e. The van der Waals surface area contributed by atoms with E-state index in [1.54, 1.807) is 12.5 Å². The zero-order chi connectivity index (χ0) is 13.1. The quantitative estimate of drug-likeness (QED) is 0.713. The molecule has 0 radical (unpaired) electrons. The van der Waals surface area contributed by atoms with E-state index < -0.39 is 0 Å². The first-order valence-electron chi connectivity index (χ1n) is 6.11. The van der Waals surface area contributed by atoms with Crippen LogP contribution in [-0.2, 0) is 6.42 Å². The molecule has 0 N–H and O–H groups in total. The lowest BCUT2D eigenvalue weighted by Crippen LogP contribution is -1.93. The third-order valence-electron chi connectivity index (χ3n) is 3.04. The molecule has 0 unspecified atom stereocenters. The molecule has 0 aliphatic rings. The van der Waals surface area contributed by atoms with E-state index in [2.05, 4.69) is 39.7 Å². The van der Waals surface area contributed by atoms with Crippen molar-refractivity contribution < 1.29 is 0 Å². The van der Waals surface area contributed by atoms with Gasteiger partial charge in [-0.2, -0.15) is 0 Å². The van der Waals surface area contributed by atoms with E-state index in [9.17, 15) is 0 Å². The maximum Gasteiger partial charge on any atom is 0.115 e. The fraction of sp³-hybridized carbons (Fsp3) is 0.0625. The Morgan fingerprint density at radius 3 is 2.74 bits per heavy atom. The Bertz CT molecular complexity index is 720. The van der Waals surface area contributed by atoms with Crippen molar-refractivity contribution in [2.45, 2.75) is 6.42 Å². The lowest BCUT2D eigenvalue weighted by molar-refractivity contribution is 1.07. The van der Waals surface area contributed by atoms with Gasteiger partial charge in [0.25, 0.3) is 0 Å². The maximum absolute atomic E-state index is 4.40. The van der Waals surface area contributed by atoms with Crippen molar-refractivity contribution in [3.63, 3.8) is 0 Å². The van der Waals surface area contributed by atoms with E-state index in [4.69, 9.17) is 0 Å². The summed E-state index contributed by atoms with van der Waals surface area (Å²) < 4.78 is 0. The molecule has 0 atom stereocenters. The average Bonchev–Trinajstić information content (AvgIpc) is 2.47. The highest BCUT2D eigenvalue weighted by Crippen LogP contribution is 2.21. The van der Waals surface area contributed by atoms with Crippen LogP contribution in [0.5, 0.6) is 0 Å². The molecule has 3 aromatic rings. The highest BCUT2D eigenvalue weighted by Gasteiger charge is 2.04. The first kappa shape index (κ1) is 11.5. The summed E-state index contributed by atoms with van der Waals surface area (Å²) in [6.07, 6.45) is 9.69. The molecule has 3 heteroatoms. The summed E-state index contributed by atoms with van der Waals surface area (Å²) in [5.74, 6) is 0. The fourth-order valence-electron chi connectivity index (χ4n) is 2.20. The van der Waals surface area contributed by atoms with Crippen LogP contribution in [0.4, 0.5) is 0 Å². The second-order valence-corrected chi connectivity index (χ2v) is 4.39. The summed E-state index contributed by atoms with van der Waals surface area (Å²) in [6, 6.07) is 8.29. The number of pyridine rings is 1. The van der Waals surface area contributed by atoms with E-state index in [1.807, 2.05) is 24.5 Å². The minimum Gasteiger partial charge on any atom is -0.256 e. The summed E-state index contributed by atoms with van der Waals surface area (Å²) in [7, 11) is 0. The highest BCUT2D eigenvalue weighted by atomic mass is 14.8. The number of rotatable bonds is 3. The lowest BCUT2D eigenvalue weighted by atomic mass is 10.0. The normalized spacial score (nSPS) is 10.5. The SMILES string of the molecule is C=Cc1cc(Cc2cncnc2)cc2cccnc12. The van der Waals surface area contributed by atoms with Crippen LogP contribution in [-0.4, -0.2) is 15.0 Å². The largest absolute Gasteiger partial charge is 0.256 e. The second-order valence-electron chi connectivity index (χ2n) is 4.39. The van der Waals surface area contributed by atoms with Crippen LogP contribution in [0.25, 0.3) is 17.0 Å². The van der Waals surface area contributed by atoms with Gasteiger partial charge < -0.3 is 0 Å². The first-order valence-corrected chi connectivity index (χ1v) is 6.11. The molecule has 3 rings (SSSR count). The van der Waals surface area contributed by atoms with Crippen LogP contribution in [0, 0.1) is 0 Å². The standard InChI is InChI=1S/C16H13N3/c1-2-14-7-12(6-13-9-17-11-18-10-13)8-15-4-3-5-19-16(14)15/h2-5,7-11H,1,6H2. The van der Waals surface area contributed by atoms with Gasteiger partial charge in [0.05, 0.1) is 5.52 Å². The minimum atomic E-state index is 0.812. The van der Waals surface area contributed by atoms with Gasteiger partial charge in [0.2, 0.25) is 0 Å². The van der Waals surface area contributed by atoms with Gasteiger partial charge in [-0.15, -0.1) is 0 Å². The van der Waals surface area contributed by atoms with Crippen molar-refractivity contribution in [1.82, 2.24) is 15.0 Å². The van der Waals surface area contributed by atoms with E-state index >= 15 is 0 Å². The summed E-state index contributed by atoms with van der Waals surface area (Å²) in [4.78, 5) is 12.5. The molecule has 0 fully saturated rings. The molecule has 19 heavy (non-hydrogen) atoms. The fourth-order valence-corrected chi connectivity index (χ4v) is 2.20. The van der Waals surface area contributed by atoms with Gasteiger partial charge in [-0.1, -0.05) is 18.7 Å². The van der Waals surface area contributed by atoms with Crippen LogP contribution in [0.3, 0.4) is 0 Å². The van der Waals surface area contributed by atoms with Crippen molar-refractivity contribution in [2.75, 3.05) is 0 Å². The monoisotopic (exact) mass is 247 g/mol. The number of benzene rings is 1. The average molecular weight is 247 g/mol. The Balaban J connectivity index is 2.07. The van der Waals surface area contributed by atoms with Crippen molar-refractivity contribution in [3.05, 3.63) is 72.5 Å². The molecule has 0 saturated carbocycles. The van der Waals surface area contributed by atoms with Crippen molar-refractivity contribution in [1.29, 1.82) is 0 Å². The molecule has 92 valence electrons. The number of fused-ring (bicyclic) bond motifs is 1. The molecule has 0 bridgehead atoms.